The molecule has 0 bridgehead atoms. The summed E-state index contributed by atoms with van der Waals surface area (Å²) in [6, 6.07) is 2.48. The number of benzene rings is 1. The van der Waals surface area contributed by atoms with E-state index in [4.69, 9.17) is 14.6 Å². The maximum Gasteiger partial charge on any atom is 0.262 e. The highest BCUT2D eigenvalue weighted by Gasteiger charge is 2.12. The molecule has 65 valence electrons. The Kier molecular flexibility index (Phi) is 2.28. The highest BCUT2D eigenvalue weighted by Crippen LogP contribution is 2.39. The van der Waals surface area contributed by atoms with Gasteiger partial charge in [0.1, 0.15) is 5.75 Å². The van der Waals surface area contributed by atoms with Crippen molar-refractivity contribution in [2.75, 3.05) is 14.2 Å². The molecule has 4 heteroatoms. The van der Waals surface area contributed by atoms with Crippen LogP contribution in [-0.4, -0.2) is 19.3 Å². The van der Waals surface area contributed by atoms with Crippen LogP contribution in [-0.2, 0) is 5.11 Å². The Hall–Kier alpha value is -1.58. The topological polar surface area (TPSA) is 58.6 Å². The maximum atomic E-state index is 11.2. The first kappa shape index (κ1) is 8.52. The fourth-order valence-corrected chi connectivity index (χ4v) is 0.866. The van der Waals surface area contributed by atoms with Gasteiger partial charge in [0.25, 0.3) is 5.75 Å². The summed E-state index contributed by atoms with van der Waals surface area (Å²) in [5, 5.41) is 20.3. The summed E-state index contributed by atoms with van der Waals surface area (Å²) in [4.78, 5) is 0. The first-order valence-electron chi connectivity index (χ1n) is 3.31. The third-order valence-electron chi connectivity index (χ3n) is 1.45. The van der Waals surface area contributed by atoms with Crippen LogP contribution in [0.4, 0.5) is 0 Å². The van der Waals surface area contributed by atoms with Crippen molar-refractivity contribution in [2.45, 2.75) is 0 Å². The van der Waals surface area contributed by atoms with E-state index >= 15 is 0 Å². The first-order valence-corrected chi connectivity index (χ1v) is 3.31. The van der Waals surface area contributed by atoms with Gasteiger partial charge in [-0.25, -0.2) is 0 Å². The van der Waals surface area contributed by atoms with Crippen molar-refractivity contribution >= 4 is 0 Å². The van der Waals surface area contributed by atoms with E-state index < -0.39 is 0 Å². The van der Waals surface area contributed by atoms with Gasteiger partial charge in [-0.15, -0.1) is 0 Å². The molecule has 1 rings (SSSR count). The minimum absolute atomic E-state index is 0.0525. The van der Waals surface area contributed by atoms with Crippen LogP contribution in [0.3, 0.4) is 0 Å². The number of hydrogen-bond donors (Lipinski definition) is 1. The summed E-state index contributed by atoms with van der Waals surface area (Å²) in [7, 11) is 2.71. The van der Waals surface area contributed by atoms with E-state index in [0.29, 0.717) is 0 Å². The molecule has 1 N–H and O–H groups in total. The van der Waals surface area contributed by atoms with Crippen LogP contribution < -0.4 is 9.47 Å². The third kappa shape index (κ3) is 1.37. The van der Waals surface area contributed by atoms with Gasteiger partial charge in [-0.3, -0.25) is 5.11 Å². The molecule has 0 saturated carbocycles. The monoisotopic (exact) mass is 169 g/mol. The molecular weight excluding hydrogens is 160 g/mol. The largest absolute Gasteiger partial charge is 0.508 e. The van der Waals surface area contributed by atoms with Crippen molar-refractivity contribution in [3.05, 3.63) is 12.1 Å². The van der Waals surface area contributed by atoms with Crippen molar-refractivity contribution in [3.8, 4) is 23.0 Å². The number of aromatic hydroxyl groups is 1. The summed E-state index contributed by atoms with van der Waals surface area (Å²) in [5.74, 6) is -0.264. The summed E-state index contributed by atoms with van der Waals surface area (Å²) in [6.07, 6.45) is 0. The van der Waals surface area contributed by atoms with Crippen molar-refractivity contribution < 1.29 is 19.7 Å². The molecule has 0 aliphatic heterocycles. The van der Waals surface area contributed by atoms with Crippen LogP contribution in [0.2, 0.25) is 0 Å². The molecule has 0 atom stereocenters. The van der Waals surface area contributed by atoms with E-state index in [0.717, 1.165) is 0 Å². The fraction of sp³-hybridized carbons (Fsp3) is 0.250. The lowest BCUT2D eigenvalue weighted by atomic mass is 10.3. The molecule has 12 heavy (non-hydrogen) atoms. The molecule has 0 amide bonds. The minimum Gasteiger partial charge on any atom is -0.508 e. The zero-order valence-electron chi connectivity index (χ0n) is 6.83. The van der Waals surface area contributed by atoms with Gasteiger partial charge in [-0.1, -0.05) is 0 Å². The fourth-order valence-electron chi connectivity index (χ4n) is 0.866. The summed E-state index contributed by atoms with van der Waals surface area (Å²) >= 11 is 0. The Bertz CT molecular complexity index is 257. The molecule has 4 nitrogen and oxygen atoms in total. The van der Waals surface area contributed by atoms with Gasteiger partial charge in [0, 0.05) is 12.1 Å². The molecule has 0 aromatic heterocycles. The lowest BCUT2D eigenvalue weighted by Gasteiger charge is -2.05. The average Bonchev–Trinajstić information content (AvgIpc) is 2.08. The highest BCUT2D eigenvalue weighted by atomic mass is 16.5. The van der Waals surface area contributed by atoms with Crippen LogP contribution in [0.5, 0.6) is 23.0 Å². The minimum atomic E-state index is -0.363. The summed E-state index contributed by atoms with van der Waals surface area (Å²) in [5.41, 5.74) is 0. The lowest BCUT2D eigenvalue weighted by Crippen LogP contribution is -1.87. The summed E-state index contributed by atoms with van der Waals surface area (Å²) < 4.78 is 9.43. The van der Waals surface area contributed by atoms with Gasteiger partial charge in [0.05, 0.1) is 14.2 Å². The molecule has 1 aromatic carbocycles. The van der Waals surface area contributed by atoms with E-state index in [9.17, 15) is 5.11 Å². The Labute approximate surface area is 70.0 Å². The first-order chi connectivity index (χ1) is 5.69. The van der Waals surface area contributed by atoms with E-state index in [1.165, 1.54) is 26.4 Å². The molecule has 1 radical (unpaired) electrons. The molecule has 0 aliphatic carbocycles. The Morgan fingerprint density at radius 2 is 1.58 bits per heavy atom. The van der Waals surface area contributed by atoms with Crippen molar-refractivity contribution in [1.29, 1.82) is 0 Å². The predicted octanol–water partition coefficient (Wildman–Crippen LogP) is 1.55. The standard InChI is InChI=1S/C8H9O4/c1-11-6-3-5(9)4-7(12-2)8(6)10/h3-4,9H,1-2H3. The normalized spacial score (nSPS) is 9.50. The van der Waals surface area contributed by atoms with Crippen molar-refractivity contribution in [1.82, 2.24) is 0 Å². The molecule has 0 unspecified atom stereocenters. The molecule has 0 saturated heterocycles. The number of methoxy groups -OCH3 is 2. The zero-order chi connectivity index (χ0) is 9.14. The van der Waals surface area contributed by atoms with E-state index in [2.05, 4.69) is 0 Å². The van der Waals surface area contributed by atoms with Crippen LogP contribution in [0.1, 0.15) is 0 Å². The van der Waals surface area contributed by atoms with Gasteiger partial charge in [0.2, 0.25) is 0 Å². The molecule has 1 aromatic rings. The predicted molar refractivity (Wildman–Crippen MR) is 41.3 cm³/mol. The number of phenolic OH excluding ortho intramolecular Hbond substituents is 1. The number of rotatable bonds is 2. The van der Waals surface area contributed by atoms with E-state index in [1.807, 2.05) is 0 Å². The second kappa shape index (κ2) is 3.21. The SMILES string of the molecule is COc1cc(O)cc(OC)c1[O]. The van der Waals surface area contributed by atoms with Crippen molar-refractivity contribution in [3.63, 3.8) is 0 Å². The Balaban J connectivity index is 3.22. The zero-order valence-corrected chi connectivity index (χ0v) is 6.83. The average molecular weight is 169 g/mol. The third-order valence-corrected chi connectivity index (χ3v) is 1.45. The summed E-state index contributed by atoms with van der Waals surface area (Å²) in [6.45, 7) is 0. The van der Waals surface area contributed by atoms with Gasteiger partial charge in [0.15, 0.2) is 11.5 Å². The van der Waals surface area contributed by atoms with Crippen LogP contribution in [0.15, 0.2) is 12.1 Å². The Morgan fingerprint density at radius 3 is 1.92 bits per heavy atom. The van der Waals surface area contributed by atoms with Gasteiger partial charge < -0.3 is 14.6 Å². The molecular formula is C8H9O4. The van der Waals surface area contributed by atoms with Crippen LogP contribution >= 0.6 is 0 Å². The maximum absolute atomic E-state index is 11.2. The van der Waals surface area contributed by atoms with E-state index in [1.54, 1.807) is 0 Å². The quantitative estimate of drug-likeness (QED) is 0.730. The van der Waals surface area contributed by atoms with Crippen LogP contribution in [0, 0.1) is 0 Å². The second-order valence-electron chi connectivity index (χ2n) is 2.18. The van der Waals surface area contributed by atoms with Gasteiger partial charge in [-0.2, -0.15) is 0 Å². The molecule has 0 spiro atoms. The number of hydrogen-bond acceptors (Lipinski definition) is 3. The number of ether oxygens (including phenoxy) is 2. The molecule has 0 heterocycles. The Morgan fingerprint density at radius 1 is 1.17 bits per heavy atom. The lowest BCUT2D eigenvalue weighted by molar-refractivity contribution is 0.286. The highest BCUT2D eigenvalue weighted by molar-refractivity contribution is 5.54. The number of phenols is 1. The smallest absolute Gasteiger partial charge is 0.262 e. The second-order valence-corrected chi connectivity index (χ2v) is 2.18. The van der Waals surface area contributed by atoms with E-state index in [-0.39, 0.29) is 23.0 Å². The molecule has 0 fully saturated rings. The molecule has 0 aliphatic rings. The van der Waals surface area contributed by atoms with Crippen molar-refractivity contribution in [2.24, 2.45) is 0 Å². The van der Waals surface area contributed by atoms with Crippen LogP contribution in [0.25, 0.3) is 0 Å². The van der Waals surface area contributed by atoms with Gasteiger partial charge >= 0.3 is 0 Å². The van der Waals surface area contributed by atoms with Gasteiger partial charge in [-0.05, 0) is 0 Å².